The predicted molar refractivity (Wildman–Crippen MR) is 85.7 cm³/mol. The molecule has 4 nitrogen and oxygen atoms in total. The maximum Gasteiger partial charge on any atom is 0.416 e. The monoisotopic (exact) mass is 389 g/mol. The molecular formula is C17H15F4NO3S. The smallest absolute Gasteiger partial charge is 0.416 e. The molecule has 0 N–H and O–H groups in total. The van der Waals surface area contributed by atoms with Crippen LogP contribution in [0.1, 0.15) is 11.1 Å². The molecule has 0 saturated carbocycles. The van der Waals surface area contributed by atoms with E-state index in [0.717, 1.165) is 28.6 Å². The summed E-state index contributed by atoms with van der Waals surface area (Å²) in [6, 6.07) is 7.59. The summed E-state index contributed by atoms with van der Waals surface area (Å²) in [6.45, 7) is 1.73. The third-order valence-electron chi connectivity index (χ3n) is 4.07. The lowest BCUT2D eigenvalue weighted by Gasteiger charge is -2.39. The molecule has 9 heteroatoms. The van der Waals surface area contributed by atoms with E-state index >= 15 is 0 Å². The molecule has 2 aromatic carbocycles. The second kappa shape index (κ2) is 6.64. The van der Waals surface area contributed by atoms with Crippen LogP contribution in [0.15, 0.2) is 47.4 Å². The van der Waals surface area contributed by atoms with Gasteiger partial charge in [-0.2, -0.15) is 13.2 Å². The van der Waals surface area contributed by atoms with Crippen molar-refractivity contribution in [3.05, 3.63) is 59.4 Å². The van der Waals surface area contributed by atoms with Gasteiger partial charge >= 0.3 is 6.18 Å². The van der Waals surface area contributed by atoms with Crippen molar-refractivity contribution in [2.75, 3.05) is 13.1 Å². The first-order valence-electron chi connectivity index (χ1n) is 7.67. The van der Waals surface area contributed by atoms with Crippen molar-refractivity contribution in [1.29, 1.82) is 0 Å². The van der Waals surface area contributed by atoms with Crippen molar-refractivity contribution < 1.29 is 31.1 Å². The molecule has 0 spiro atoms. The molecule has 0 radical (unpaired) electrons. The van der Waals surface area contributed by atoms with E-state index in [-0.39, 0.29) is 23.8 Å². The van der Waals surface area contributed by atoms with E-state index in [1.54, 1.807) is 6.92 Å². The molecule has 1 saturated heterocycles. The van der Waals surface area contributed by atoms with Gasteiger partial charge in [-0.1, -0.05) is 4.21 Å². The number of nitrogens with zero attached hydrogens (tertiary/aromatic N) is 1. The lowest BCUT2D eigenvalue weighted by atomic mass is 10.2. The standard InChI is InChI=1S/C17H15F4NO3S/c1-11-8-13(4-7-16(11)18)25-14-9-22(10-14)26(23,24)15-5-2-12(3-6-15)17(19,20)21/h2-8,14H,9-10H2,1H3. The van der Waals surface area contributed by atoms with Gasteiger partial charge in [0.05, 0.1) is 18.7 Å². The number of alkyl halides is 3. The minimum absolute atomic E-state index is 0.0692. The largest absolute Gasteiger partial charge is 0.593 e. The average Bonchev–Trinajstić information content (AvgIpc) is 2.53. The van der Waals surface area contributed by atoms with Gasteiger partial charge in [0.2, 0.25) is 0 Å². The predicted octanol–water partition coefficient (Wildman–Crippen LogP) is 3.82. The molecule has 0 amide bonds. The molecule has 1 unspecified atom stereocenters. The van der Waals surface area contributed by atoms with E-state index in [2.05, 4.69) is 0 Å². The van der Waals surface area contributed by atoms with Crippen molar-refractivity contribution in [2.24, 2.45) is 0 Å². The summed E-state index contributed by atoms with van der Waals surface area (Å²) in [5, 5.41) is 0. The van der Waals surface area contributed by atoms with Crippen LogP contribution in [0.25, 0.3) is 0 Å². The van der Waals surface area contributed by atoms with Crippen molar-refractivity contribution in [2.45, 2.75) is 24.1 Å². The highest BCUT2D eigenvalue weighted by atomic mass is 32.3. The highest BCUT2D eigenvalue weighted by Gasteiger charge is 2.43. The highest BCUT2D eigenvalue weighted by Crippen LogP contribution is 2.33. The van der Waals surface area contributed by atoms with Crippen molar-refractivity contribution in [1.82, 2.24) is 4.31 Å². The van der Waals surface area contributed by atoms with Gasteiger partial charge in [-0.15, -0.1) is 4.31 Å². The van der Waals surface area contributed by atoms with Crippen molar-refractivity contribution in [3.8, 4) is 5.75 Å². The first kappa shape index (κ1) is 18.8. The Bertz CT molecular complexity index is 848. The van der Waals surface area contributed by atoms with Crippen LogP contribution in [0.5, 0.6) is 5.75 Å². The highest BCUT2D eigenvalue weighted by molar-refractivity contribution is 7.95. The van der Waals surface area contributed by atoms with Gasteiger partial charge < -0.3 is 9.29 Å². The Morgan fingerprint density at radius 3 is 2.31 bits per heavy atom. The number of benzene rings is 2. The lowest BCUT2D eigenvalue weighted by Crippen LogP contribution is -2.58. The first-order valence-corrected chi connectivity index (χ1v) is 9.11. The fourth-order valence-electron chi connectivity index (χ4n) is 2.52. The number of rotatable bonds is 4. The minimum atomic E-state index is -4.52. The second-order valence-corrected chi connectivity index (χ2v) is 7.93. The zero-order valence-corrected chi connectivity index (χ0v) is 14.4. The Kier molecular flexibility index (Phi) is 4.80. The molecule has 140 valence electrons. The Balaban J connectivity index is 1.63. The minimum Gasteiger partial charge on any atom is -0.593 e. The average molecular weight is 389 g/mol. The van der Waals surface area contributed by atoms with E-state index in [1.807, 2.05) is 0 Å². The summed E-state index contributed by atoms with van der Waals surface area (Å²) >= 11 is 0. The van der Waals surface area contributed by atoms with Gasteiger partial charge in [0.15, 0.2) is 15.3 Å². The number of sulfonamides is 1. The van der Waals surface area contributed by atoms with Crippen molar-refractivity contribution in [3.63, 3.8) is 0 Å². The summed E-state index contributed by atoms with van der Waals surface area (Å²) in [6.07, 6.45) is -4.92. The summed E-state index contributed by atoms with van der Waals surface area (Å²) < 4.78 is 82.5. The third kappa shape index (κ3) is 3.74. The molecule has 0 aliphatic carbocycles. The first-order chi connectivity index (χ1) is 12.1. The summed E-state index contributed by atoms with van der Waals surface area (Å²) in [4.78, 5) is -0.207. The molecule has 1 fully saturated rings. The van der Waals surface area contributed by atoms with Crippen LogP contribution in [0, 0.1) is 12.7 Å². The van der Waals surface area contributed by atoms with Gasteiger partial charge in [-0.05, 0) is 55.0 Å². The second-order valence-electron chi connectivity index (χ2n) is 6.00. The number of aryl methyl sites for hydroxylation is 1. The van der Waals surface area contributed by atoms with Gasteiger partial charge in [-0.25, -0.2) is 4.39 Å². The Labute approximate surface area is 148 Å². The van der Waals surface area contributed by atoms with Gasteiger partial charge in [-0.3, -0.25) is 0 Å². The molecule has 3 rings (SSSR count). The Hall–Kier alpha value is -1.97. The van der Waals surface area contributed by atoms with Crippen LogP contribution in [0.3, 0.4) is 0 Å². The number of ether oxygens (including phenoxy) is 1. The summed E-state index contributed by atoms with van der Waals surface area (Å²) in [7, 11) is -3.88. The van der Waals surface area contributed by atoms with Crippen LogP contribution in [0.2, 0.25) is 0 Å². The van der Waals surface area contributed by atoms with E-state index in [9.17, 15) is 26.3 Å². The van der Waals surface area contributed by atoms with Crippen LogP contribution in [0.4, 0.5) is 17.6 Å². The number of hydrogen-bond donors (Lipinski definition) is 0. The molecule has 1 aliphatic heterocycles. The van der Waals surface area contributed by atoms with Gasteiger partial charge in [0.25, 0.3) is 0 Å². The zero-order chi connectivity index (χ0) is 19.1. The molecule has 1 heterocycles. The SMILES string of the molecule is Cc1cc(OC2CN([S+](=O)([O-])c3ccc(C(F)(F)F)cc3)C2)ccc1F. The van der Waals surface area contributed by atoms with Crippen LogP contribution < -0.4 is 4.74 Å². The van der Waals surface area contributed by atoms with E-state index in [4.69, 9.17) is 4.74 Å². The molecule has 1 atom stereocenters. The quantitative estimate of drug-likeness (QED) is 0.590. The fraction of sp³-hybridized carbons (Fsp3) is 0.294. The van der Waals surface area contributed by atoms with E-state index < -0.39 is 28.2 Å². The lowest BCUT2D eigenvalue weighted by molar-refractivity contribution is -0.137. The molecule has 0 bridgehead atoms. The van der Waals surface area contributed by atoms with Gasteiger partial charge in [0, 0.05) is 0 Å². The maximum absolute atomic E-state index is 13.2. The molecule has 0 aromatic heterocycles. The summed E-state index contributed by atoms with van der Waals surface area (Å²) in [5.74, 6) is 0.0675. The Morgan fingerprint density at radius 2 is 1.77 bits per heavy atom. The zero-order valence-electron chi connectivity index (χ0n) is 13.6. The molecule has 1 aliphatic rings. The third-order valence-corrected chi connectivity index (χ3v) is 5.91. The van der Waals surface area contributed by atoms with E-state index in [1.165, 1.54) is 18.2 Å². The fourth-order valence-corrected chi connectivity index (χ4v) is 4.02. The van der Waals surface area contributed by atoms with E-state index in [0.29, 0.717) is 11.3 Å². The number of hydrogen-bond acceptors (Lipinski definition) is 3. The maximum atomic E-state index is 13.2. The normalized spacial score (nSPS) is 18.2. The topological polar surface area (TPSA) is 52.6 Å². The van der Waals surface area contributed by atoms with Crippen LogP contribution in [-0.4, -0.2) is 28.1 Å². The molecular weight excluding hydrogens is 374 g/mol. The summed E-state index contributed by atoms with van der Waals surface area (Å²) in [5.41, 5.74) is -0.496. The Morgan fingerprint density at radius 1 is 1.15 bits per heavy atom. The molecule has 2 aromatic rings. The molecule has 26 heavy (non-hydrogen) atoms. The number of halogens is 4. The van der Waals surface area contributed by atoms with Crippen LogP contribution >= 0.6 is 0 Å². The van der Waals surface area contributed by atoms with Gasteiger partial charge in [0.1, 0.15) is 17.7 Å². The van der Waals surface area contributed by atoms with Crippen molar-refractivity contribution >= 4 is 10.4 Å². The van der Waals surface area contributed by atoms with Crippen LogP contribution in [-0.2, 0) is 20.8 Å².